The molecule has 1 N–H and O–H groups in total. The van der Waals surface area contributed by atoms with Gasteiger partial charge in [0.15, 0.2) is 0 Å². The summed E-state index contributed by atoms with van der Waals surface area (Å²) in [7, 11) is 3.72. The molecule has 1 aromatic rings. The van der Waals surface area contributed by atoms with Crippen LogP contribution in [0.2, 0.25) is 0 Å². The fourth-order valence-electron chi connectivity index (χ4n) is 1.83. The molecule has 0 saturated carbocycles. The lowest BCUT2D eigenvalue weighted by atomic mass is 9.82. The van der Waals surface area contributed by atoms with E-state index in [2.05, 4.69) is 58.1 Å². The smallest absolute Gasteiger partial charge is 0.122 e. The molecule has 0 bridgehead atoms. The third kappa shape index (κ3) is 3.01. The summed E-state index contributed by atoms with van der Waals surface area (Å²) >= 11 is 0. The Bertz CT molecular complexity index is 388. The summed E-state index contributed by atoms with van der Waals surface area (Å²) in [6, 6.07) is 6.44. The van der Waals surface area contributed by atoms with E-state index in [9.17, 15) is 0 Å². The van der Waals surface area contributed by atoms with Gasteiger partial charge in [0, 0.05) is 5.54 Å². The van der Waals surface area contributed by atoms with Gasteiger partial charge in [-0.2, -0.15) is 0 Å². The highest BCUT2D eigenvalue weighted by molar-refractivity contribution is 5.43. The second kappa shape index (κ2) is 4.69. The number of methoxy groups -OCH3 is 1. The first-order chi connectivity index (χ1) is 7.72. The third-order valence-electron chi connectivity index (χ3n) is 3.35. The molecule has 0 spiro atoms. The fraction of sp³-hybridized carbons (Fsp3) is 0.600. The first kappa shape index (κ1) is 14.0. The lowest BCUT2D eigenvalue weighted by molar-refractivity contribution is 0.394. The van der Waals surface area contributed by atoms with Crippen molar-refractivity contribution in [1.82, 2.24) is 5.32 Å². The van der Waals surface area contributed by atoms with E-state index in [1.807, 2.05) is 7.05 Å². The van der Waals surface area contributed by atoms with Gasteiger partial charge in [-0.05, 0) is 49.6 Å². The minimum absolute atomic E-state index is 0.0216. The van der Waals surface area contributed by atoms with Crippen LogP contribution in [-0.4, -0.2) is 14.2 Å². The van der Waals surface area contributed by atoms with Crippen LogP contribution < -0.4 is 10.1 Å². The molecular weight excluding hydrogens is 210 g/mol. The number of rotatable bonds is 3. The van der Waals surface area contributed by atoms with Crippen LogP contribution in [0.1, 0.15) is 45.7 Å². The van der Waals surface area contributed by atoms with Crippen molar-refractivity contribution in [2.45, 2.75) is 45.6 Å². The fourth-order valence-corrected chi connectivity index (χ4v) is 1.83. The molecule has 0 fully saturated rings. The molecule has 17 heavy (non-hydrogen) atoms. The van der Waals surface area contributed by atoms with Crippen molar-refractivity contribution in [3.8, 4) is 5.75 Å². The van der Waals surface area contributed by atoms with E-state index in [1.165, 1.54) is 11.1 Å². The number of benzene rings is 1. The van der Waals surface area contributed by atoms with Gasteiger partial charge in [-0.15, -0.1) is 0 Å². The molecule has 0 aliphatic carbocycles. The lowest BCUT2D eigenvalue weighted by Crippen LogP contribution is -2.33. The number of hydrogen-bond donors (Lipinski definition) is 1. The number of ether oxygens (including phenoxy) is 1. The first-order valence-electron chi connectivity index (χ1n) is 6.10. The molecule has 0 saturated heterocycles. The third-order valence-corrected chi connectivity index (χ3v) is 3.35. The van der Waals surface area contributed by atoms with Crippen LogP contribution in [-0.2, 0) is 11.0 Å². The largest absolute Gasteiger partial charge is 0.496 e. The molecule has 2 nitrogen and oxygen atoms in total. The molecule has 0 amide bonds. The average molecular weight is 235 g/mol. The SMILES string of the molecule is CNC(C)(C)c1ccc(OC)c(C(C)(C)C)c1. The molecule has 0 unspecified atom stereocenters. The minimum atomic E-state index is -0.0216. The lowest BCUT2D eigenvalue weighted by Gasteiger charge is -2.29. The van der Waals surface area contributed by atoms with Gasteiger partial charge in [0.1, 0.15) is 5.75 Å². The normalized spacial score (nSPS) is 12.6. The monoisotopic (exact) mass is 235 g/mol. The summed E-state index contributed by atoms with van der Waals surface area (Å²) in [4.78, 5) is 0. The van der Waals surface area contributed by atoms with Gasteiger partial charge in [0.05, 0.1) is 7.11 Å². The molecular formula is C15H25NO. The van der Waals surface area contributed by atoms with Crippen molar-refractivity contribution < 1.29 is 4.74 Å². The summed E-state index contributed by atoms with van der Waals surface area (Å²) < 4.78 is 5.45. The number of nitrogens with one attached hydrogen (secondary N) is 1. The summed E-state index contributed by atoms with van der Waals surface area (Å²) in [6.07, 6.45) is 0. The maximum absolute atomic E-state index is 5.45. The molecule has 0 aliphatic rings. The zero-order chi connectivity index (χ0) is 13.3. The standard InChI is InChI=1S/C15H25NO/c1-14(2,3)12-10-11(15(4,5)16-6)8-9-13(12)17-7/h8-10,16H,1-7H3. The summed E-state index contributed by atoms with van der Waals surface area (Å²) in [5.74, 6) is 0.966. The van der Waals surface area contributed by atoms with Crippen LogP contribution in [0.5, 0.6) is 5.75 Å². The Kier molecular flexibility index (Phi) is 3.88. The quantitative estimate of drug-likeness (QED) is 0.866. The molecule has 0 radical (unpaired) electrons. The van der Waals surface area contributed by atoms with Crippen molar-refractivity contribution >= 4 is 0 Å². The second-order valence-electron chi connectivity index (χ2n) is 6.04. The van der Waals surface area contributed by atoms with Gasteiger partial charge in [-0.3, -0.25) is 0 Å². The first-order valence-corrected chi connectivity index (χ1v) is 6.10. The Morgan fingerprint density at radius 2 is 1.65 bits per heavy atom. The molecule has 1 aromatic carbocycles. The highest BCUT2D eigenvalue weighted by Gasteiger charge is 2.24. The Hall–Kier alpha value is -1.02. The Labute approximate surface area is 105 Å². The molecule has 2 heteroatoms. The van der Waals surface area contributed by atoms with Crippen LogP contribution in [0.25, 0.3) is 0 Å². The van der Waals surface area contributed by atoms with Crippen LogP contribution in [0, 0.1) is 0 Å². The Morgan fingerprint density at radius 1 is 1.06 bits per heavy atom. The van der Waals surface area contributed by atoms with E-state index in [0.29, 0.717) is 0 Å². The van der Waals surface area contributed by atoms with Crippen LogP contribution >= 0.6 is 0 Å². The topological polar surface area (TPSA) is 21.3 Å². The van der Waals surface area contributed by atoms with Gasteiger partial charge < -0.3 is 10.1 Å². The van der Waals surface area contributed by atoms with Gasteiger partial charge >= 0.3 is 0 Å². The molecule has 0 aliphatic heterocycles. The van der Waals surface area contributed by atoms with Crippen molar-refractivity contribution in [1.29, 1.82) is 0 Å². The average Bonchev–Trinajstić information content (AvgIpc) is 2.27. The highest BCUT2D eigenvalue weighted by Crippen LogP contribution is 2.34. The van der Waals surface area contributed by atoms with E-state index in [4.69, 9.17) is 4.74 Å². The van der Waals surface area contributed by atoms with Gasteiger partial charge in [0.25, 0.3) is 0 Å². The van der Waals surface area contributed by atoms with E-state index in [1.54, 1.807) is 7.11 Å². The zero-order valence-electron chi connectivity index (χ0n) is 12.1. The Balaban J connectivity index is 3.33. The van der Waals surface area contributed by atoms with Crippen molar-refractivity contribution in [3.63, 3.8) is 0 Å². The van der Waals surface area contributed by atoms with Gasteiger partial charge in [0.2, 0.25) is 0 Å². The van der Waals surface area contributed by atoms with Crippen molar-refractivity contribution in [2.24, 2.45) is 0 Å². The molecule has 0 aromatic heterocycles. The Morgan fingerprint density at radius 3 is 2.06 bits per heavy atom. The van der Waals surface area contributed by atoms with Crippen LogP contribution in [0.3, 0.4) is 0 Å². The van der Waals surface area contributed by atoms with Gasteiger partial charge in [-0.1, -0.05) is 26.8 Å². The van der Waals surface area contributed by atoms with Crippen LogP contribution in [0.15, 0.2) is 18.2 Å². The summed E-state index contributed by atoms with van der Waals surface area (Å²) in [5, 5.41) is 3.33. The van der Waals surface area contributed by atoms with E-state index in [-0.39, 0.29) is 11.0 Å². The van der Waals surface area contributed by atoms with E-state index >= 15 is 0 Å². The predicted molar refractivity (Wildman–Crippen MR) is 73.8 cm³/mol. The van der Waals surface area contributed by atoms with Crippen LogP contribution in [0.4, 0.5) is 0 Å². The van der Waals surface area contributed by atoms with Crippen molar-refractivity contribution in [2.75, 3.05) is 14.2 Å². The maximum Gasteiger partial charge on any atom is 0.122 e. The maximum atomic E-state index is 5.45. The van der Waals surface area contributed by atoms with E-state index < -0.39 is 0 Å². The molecule has 0 heterocycles. The summed E-state index contributed by atoms with van der Waals surface area (Å²) in [5.41, 5.74) is 2.60. The molecule has 96 valence electrons. The van der Waals surface area contributed by atoms with Gasteiger partial charge in [-0.25, -0.2) is 0 Å². The molecule has 0 atom stereocenters. The highest BCUT2D eigenvalue weighted by atomic mass is 16.5. The van der Waals surface area contributed by atoms with Crippen molar-refractivity contribution in [3.05, 3.63) is 29.3 Å². The second-order valence-corrected chi connectivity index (χ2v) is 6.04. The zero-order valence-corrected chi connectivity index (χ0v) is 12.1. The number of hydrogen-bond acceptors (Lipinski definition) is 2. The minimum Gasteiger partial charge on any atom is -0.496 e. The molecule has 1 rings (SSSR count). The summed E-state index contributed by atoms with van der Waals surface area (Å²) in [6.45, 7) is 11.0. The predicted octanol–water partition coefficient (Wildman–Crippen LogP) is 3.45. The van der Waals surface area contributed by atoms with E-state index in [0.717, 1.165) is 5.75 Å².